The number of amides is 3. The van der Waals surface area contributed by atoms with Gasteiger partial charge in [0.15, 0.2) is 12.7 Å². The molecule has 2 rings (SSSR count). The highest BCUT2D eigenvalue weighted by Gasteiger charge is 2.20. The fourth-order valence-corrected chi connectivity index (χ4v) is 1.79. The van der Waals surface area contributed by atoms with Gasteiger partial charge in [-0.15, -0.1) is 0 Å². The maximum absolute atomic E-state index is 12.0. The molecule has 0 spiro atoms. The third-order valence-electron chi connectivity index (χ3n) is 3.14. The highest BCUT2D eigenvalue weighted by atomic mass is 16.5. The first kappa shape index (κ1) is 18.9. The van der Waals surface area contributed by atoms with Crippen LogP contribution in [0.4, 0.5) is 4.79 Å². The summed E-state index contributed by atoms with van der Waals surface area (Å²) in [5.74, 6) is -0.0921. The van der Waals surface area contributed by atoms with Crippen LogP contribution < -0.4 is 15.4 Å². The van der Waals surface area contributed by atoms with Crippen LogP contribution in [-0.2, 0) is 16.1 Å². The number of nitrogens with one attached hydrogen (secondary N) is 2. The molecule has 0 fully saturated rings. The summed E-state index contributed by atoms with van der Waals surface area (Å²) in [6, 6.07) is 5.43. The second kappa shape index (κ2) is 8.60. The zero-order valence-corrected chi connectivity index (χ0v) is 14.4. The van der Waals surface area contributed by atoms with Crippen molar-refractivity contribution >= 4 is 17.9 Å². The number of carbonyl (C=O) groups excluding carboxylic acids is 3. The largest absolute Gasteiger partial charge is 0.485 e. The van der Waals surface area contributed by atoms with Gasteiger partial charge in [-0.05, 0) is 31.2 Å². The number of rotatable bonds is 6. The van der Waals surface area contributed by atoms with Crippen LogP contribution in [0.2, 0.25) is 0 Å². The number of hydrogen-bond acceptors (Lipinski definition) is 8. The SMILES string of the molecule is CNC(=O)NC(=O)C(C)OC(=O)c1ccc(OCc2noc(C)n2)cc1. The lowest BCUT2D eigenvalue weighted by molar-refractivity contribution is -0.127. The van der Waals surface area contributed by atoms with Crippen LogP contribution in [0.3, 0.4) is 0 Å². The lowest BCUT2D eigenvalue weighted by atomic mass is 10.2. The molecule has 26 heavy (non-hydrogen) atoms. The third-order valence-corrected chi connectivity index (χ3v) is 3.14. The summed E-state index contributed by atoms with van der Waals surface area (Å²) in [5, 5.41) is 7.95. The number of benzene rings is 1. The van der Waals surface area contributed by atoms with Crippen molar-refractivity contribution in [3.05, 3.63) is 41.5 Å². The third kappa shape index (κ3) is 5.30. The molecule has 0 saturated carbocycles. The number of urea groups is 1. The summed E-state index contributed by atoms with van der Waals surface area (Å²) in [6.45, 7) is 3.16. The standard InChI is InChI=1S/C16H18N4O6/c1-9(14(21)19-16(23)17-3)25-15(22)11-4-6-12(7-5-11)24-8-13-18-10(2)26-20-13/h4-7,9H,8H2,1-3H3,(H2,17,19,21,23). The predicted octanol–water partition coefficient (Wildman–Crippen LogP) is 0.958. The number of carbonyl (C=O) groups is 3. The number of aryl methyl sites for hydroxylation is 1. The number of ether oxygens (including phenoxy) is 2. The average Bonchev–Trinajstić information content (AvgIpc) is 3.05. The van der Waals surface area contributed by atoms with Gasteiger partial charge in [0.05, 0.1) is 5.56 Å². The molecule has 0 aliphatic rings. The van der Waals surface area contributed by atoms with Gasteiger partial charge in [0.2, 0.25) is 11.7 Å². The molecule has 0 aliphatic carbocycles. The summed E-state index contributed by atoms with van der Waals surface area (Å²) in [7, 11) is 1.36. The van der Waals surface area contributed by atoms with E-state index in [0.717, 1.165) is 0 Å². The van der Waals surface area contributed by atoms with E-state index in [2.05, 4.69) is 15.5 Å². The molecule has 0 radical (unpaired) electrons. The van der Waals surface area contributed by atoms with E-state index in [0.29, 0.717) is 17.5 Å². The zero-order valence-electron chi connectivity index (χ0n) is 14.4. The van der Waals surface area contributed by atoms with Gasteiger partial charge in [-0.3, -0.25) is 10.1 Å². The molecule has 3 amide bonds. The Balaban J connectivity index is 1.87. The van der Waals surface area contributed by atoms with Crippen molar-refractivity contribution < 1.29 is 28.4 Å². The molecule has 1 unspecified atom stereocenters. The number of hydrogen-bond donors (Lipinski definition) is 2. The first-order valence-corrected chi connectivity index (χ1v) is 7.64. The molecule has 1 heterocycles. The van der Waals surface area contributed by atoms with E-state index >= 15 is 0 Å². The van der Waals surface area contributed by atoms with Crippen molar-refractivity contribution in [2.45, 2.75) is 26.6 Å². The van der Waals surface area contributed by atoms with E-state index in [-0.39, 0.29) is 12.2 Å². The van der Waals surface area contributed by atoms with E-state index < -0.39 is 24.0 Å². The predicted molar refractivity (Wildman–Crippen MR) is 87.3 cm³/mol. The minimum absolute atomic E-state index is 0.123. The van der Waals surface area contributed by atoms with Crippen LogP contribution in [-0.4, -0.2) is 41.2 Å². The number of imide groups is 1. The zero-order chi connectivity index (χ0) is 19.1. The smallest absolute Gasteiger partial charge is 0.338 e. The molecule has 138 valence electrons. The van der Waals surface area contributed by atoms with Crippen LogP contribution in [0, 0.1) is 6.92 Å². The Morgan fingerprint density at radius 2 is 1.92 bits per heavy atom. The van der Waals surface area contributed by atoms with Gasteiger partial charge in [-0.1, -0.05) is 5.16 Å². The van der Waals surface area contributed by atoms with E-state index in [4.69, 9.17) is 14.0 Å². The first-order chi connectivity index (χ1) is 12.4. The van der Waals surface area contributed by atoms with Crippen LogP contribution >= 0.6 is 0 Å². The molecule has 10 heteroatoms. The molecule has 0 bridgehead atoms. The molecular weight excluding hydrogens is 344 g/mol. The summed E-state index contributed by atoms with van der Waals surface area (Å²) in [5.41, 5.74) is 0.229. The van der Waals surface area contributed by atoms with Gasteiger partial charge in [-0.2, -0.15) is 4.98 Å². The molecule has 1 aromatic carbocycles. The fourth-order valence-electron chi connectivity index (χ4n) is 1.79. The lowest BCUT2D eigenvalue weighted by Crippen LogP contribution is -2.43. The Labute approximate surface area is 148 Å². The minimum Gasteiger partial charge on any atom is -0.485 e. The minimum atomic E-state index is -1.13. The van der Waals surface area contributed by atoms with Crippen molar-refractivity contribution in [2.24, 2.45) is 0 Å². The van der Waals surface area contributed by atoms with Gasteiger partial charge >= 0.3 is 12.0 Å². The van der Waals surface area contributed by atoms with Crippen LogP contribution in [0.25, 0.3) is 0 Å². The number of esters is 1. The van der Waals surface area contributed by atoms with Crippen molar-refractivity contribution in [1.29, 1.82) is 0 Å². The monoisotopic (exact) mass is 362 g/mol. The van der Waals surface area contributed by atoms with Crippen molar-refractivity contribution in [3.8, 4) is 5.75 Å². The molecule has 1 atom stereocenters. The van der Waals surface area contributed by atoms with E-state index in [1.54, 1.807) is 19.1 Å². The molecule has 2 aromatic rings. The summed E-state index contributed by atoms with van der Waals surface area (Å²) in [6.07, 6.45) is -1.13. The molecular formula is C16H18N4O6. The van der Waals surface area contributed by atoms with Gasteiger partial charge in [0.1, 0.15) is 5.75 Å². The summed E-state index contributed by atoms with van der Waals surface area (Å²) < 4.78 is 15.3. The van der Waals surface area contributed by atoms with Crippen molar-refractivity contribution in [1.82, 2.24) is 20.8 Å². The molecule has 10 nitrogen and oxygen atoms in total. The molecule has 1 aromatic heterocycles. The Morgan fingerprint density at radius 1 is 1.23 bits per heavy atom. The maximum Gasteiger partial charge on any atom is 0.338 e. The van der Waals surface area contributed by atoms with Gasteiger partial charge in [0.25, 0.3) is 5.91 Å². The van der Waals surface area contributed by atoms with Gasteiger partial charge in [0, 0.05) is 14.0 Å². The van der Waals surface area contributed by atoms with Gasteiger partial charge < -0.3 is 19.3 Å². The van der Waals surface area contributed by atoms with E-state index in [9.17, 15) is 14.4 Å². The maximum atomic E-state index is 12.0. The highest BCUT2D eigenvalue weighted by Crippen LogP contribution is 2.15. The molecule has 0 aliphatic heterocycles. The first-order valence-electron chi connectivity index (χ1n) is 7.64. The molecule has 0 saturated heterocycles. The lowest BCUT2D eigenvalue weighted by Gasteiger charge is -2.13. The topological polar surface area (TPSA) is 133 Å². The average molecular weight is 362 g/mol. The second-order valence-electron chi connectivity index (χ2n) is 5.16. The van der Waals surface area contributed by atoms with Crippen LogP contribution in [0.15, 0.2) is 28.8 Å². The van der Waals surface area contributed by atoms with Crippen LogP contribution in [0.1, 0.15) is 29.0 Å². The Kier molecular flexibility index (Phi) is 6.25. The summed E-state index contributed by atoms with van der Waals surface area (Å²) >= 11 is 0. The number of nitrogens with zero attached hydrogens (tertiary/aromatic N) is 2. The summed E-state index contributed by atoms with van der Waals surface area (Å²) in [4.78, 5) is 38.8. The van der Waals surface area contributed by atoms with Crippen LogP contribution in [0.5, 0.6) is 5.75 Å². The Hall–Kier alpha value is -3.43. The number of aromatic nitrogens is 2. The quantitative estimate of drug-likeness (QED) is 0.726. The van der Waals surface area contributed by atoms with Crippen molar-refractivity contribution in [3.63, 3.8) is 0 Å². The van der Waals surface area contributed by atoms with E-state index in [1.165, 1.54) is 26.1 Å². The van der Waals surface area contributed by atoms with Gasteiger partial charge in [-0.25, -0.2) is 9.59 Å². The normalized spacial score (nSPS) is 11.3. The Morgan fingerprint density at radius 3 is 2.50 bits per heavy atom. The molecule has 2 N–H and O–H groups in total. The Bertz CT molecular complexity index is 786. The van der Waals surface area contributed by atoms with Crippen molar-refractivity contribution in [2.75, 3.05) is 7.05 Å². The highest BCUT2D eigenvalue weighted by molar-refractivity contribution is 5.98. The second-order valence-corrected chi connectivity index (χ2v) is 5.16. The fraction of sp³-hybridized carbons (Fsp3) is 0.312. The van der Waals surface area contributed by atoms with E-state index in [1.807, 2.05) is 5.32 Å².